The van der Waals surface area contributed by atoms with Crippen LogP contribution in [0.1, 0.15) is 34.6 Å². The van der Waals surface area contributed by atoms with E-state index in [4.69, 9.17) is 5.26 Å². The summed E-state index contributed by atoms with van der Waals surface area (Å²) in [7, 11) is 0. The Morgan fingerprint density at radius 3 is 2.65 bits per heavy atom. The fourth-order valence-corrected chi connectivity index (χ4v) is 3.53. The molecule has 1 saturated heterocycles. The van der Waals surface area contributed by atoms with E-state index in [0.717, 1.165) is 13.1 Å². The van der Waals surface area contributed by atoms with Crippen LogP contribution in [0, 0.1) is 11.3 Å². The first kappa shape index (κ1) is 15.7. The van der Waals surface area contributed by atoms with Gasteiger partial charge in [-0.25, -0.2) is 4.98 Å². The Kier molecular flexibility index (Phi) is 4.70. The van der Waals surface area contributed by atoms with Crippen molar-refractivity contribution in [1.29, 1.82) is 5.26 Å². The summed E-state index contributed by atoms with van der Waals surface area (Å²) in [4.78, 5) is 20.8. The van der Waals surface area contributed by atoms with Gasteiger partial charge in [-0.2, -0.15) is 16.6 Å². The number of thiophene rings is 1. The van der Waals surface area contributed by atoms with Crippen LogP contribution in [-0.4, -0.2) is 46.9 Å². The Bertz CT molecular complexity index is 697. The summed E-state index contributed by atoms with van der Waals surface area (Å²) in [6, 6.07) is 7.81. The van der Waals surface area contributed by atoms with Gasteiger partial charge in [-0.3, -0.25) is 9.69 Å². The summed E-state index contributed by atoms with van der Waals surface area (Å²) in [6.45, 7) is 5.34. The molecule has 1 fully saturated rings. The molecule has 6 heteroatoms. The van der Waals surface area contributed by atoms with Gasteiger partial charge in [0.25, 0.3) is 5.91 Å². The number of pyridine rings is 1. The van der Waals surface area contributed by atoms with Gasteiger partial charge in [0.1, 0.15) is 11.8 Å². The summed E-state index contributed by atoms with van der Waals surface area (Å²) in [6.07, 6.45) is 1.45. The molecule has 1 aliphatic heterocycles. The number of hydrogen-bond donors (Lipinski definition) is 0. The number of amides is 1. The maximum Gasteiger partial charge on any atom is 0.272 e. The fraction of sp³-hybridized carbons (Fsp3) is 0.353. The van der Waals surface area contributed by atoms with Crippen molar-refractivity contribution in [2.24, 2.45) is 0 Å². The van der Waals surface area contributed by atoms with Crippen LogP contribution < -0.4 is 0 Å². The fourth-order valence-electron chi connectivity index (χ4n) is 2.78. The SMILES string of the molecule is CC(c1ccsc1)N1CCN(C(=O)c2ccc(C#N)cn2)CC1. The first-order valence-electron chi connectivity index (χ1n) is 7.60. The number of nitriles is 1. The van der Waals surface area contributed by atoms with Crippen molar-refractivity contribution >= 4 is 17.2 Å². The number of nitrogens with zero attached hydrogens (tertiary/aromatic N) is 4. The van der Waals surface area contributed by atoms with Gasteiger partial charge in [0.15, 0.2) is 0 Å². The van der Waals surface area contributed by atoms with Crippen LogP contribution in [-0.2, 0) is 0 Å². The Hall–Kier alpha value is -2.23. The molecule has 0 spiro atoms. The van der Waals surface area contributed by atoms with E-state index in [2.05, 4.69) is 33.6 Å². The molecule has 1 amide bonds. The molecule has 0 aromatic carbocycles. The van der Waals surface area contributed by atoms with Crippen LogP contribution in [0.2, 0.25) is 0 Å². The van der Waals surface area contributed by atoms with Crippen LogP contribution >= 0.6 is 11.3 Å². The van der Waals surface area contributed by atoms with E-state index in [-0.39, 0.29) is 5.91 Å². The lowest BCUT2D eigenvalue weighted by atomic mass is 10.1. The number of rotatable bonds is 3. The Morgan fingerprint density at radius 2 is 2.09 bits per heavy atom. The molecule has 118 valence electrons. The zero-order valence-electron chi connectivity index (χ0n) is 13.0. The van der Waals surface area contributed by atoms with Gasteiger partial charge < -0.3 is 4.90 Å². The van der Waals surface area contributed by atoms with E-state index < -0.39 is 0 Å². The van der Waals surface area contributed by atoms with E-state index in [0.29, 0.717) is 30.4 Å². The molecule has 2 aromatic heterocycles. The Balaban J connectivity index is 1.60. The lowest BCUT2D eigenvalue weighted by Crippen LogP contribution is -2.49. The summed E-state index contributed by atoms with van der Waals surface area (Å²) in [5, 5.41) is 13.1. The second-order valence-electron chi connectivity index (χ2n) is 5.60. The van der Waals surface area contributed by atoms with Gasteiger partial charge in [-0.05, 0) is 41.4 Å². The number of aromatic nitrogens is 1. The van der Waals surface area contributed by atoms with Gasteiger partial charge in [0, 0.05) is 38.4 Å². The van der Waals surface area contributed by atoms with Crippen LogP contribution in [0.25, 0.3) is 0 Å². The highest BCUT2D eigenvalue weighted by Crippen LogP contribution is 2.23. The molecule has 0 saturated carbocycles. The van der Waals surface area contributed by atoms with Crippen molar-refractivity contribution in [3.63, 3.8) is 0 Å². The highest BCUT2D eigenvalue weighted by Gasteiger charge is 2.26. The molecular formula is C17H18N4OS. The highest BCUT2D eigenvalue weighted by molar-refractivity contribution is 7.07. The minimum atomic E-state index is -0.0580. The average molecular weight is 326 g/mol. The zero-order chi connectivity index (χ0) is 16.2. The van der Waals surface area contributed by atoms with Gasteiger partial charge in [-0.15, -0.1) is 0 Å². The molecule has 0 aliphatic carbocycles. The summed E-state index contributed by atoms with van der Waals surface area (Å²) >= 11 is 1.72. The first-order valence-corrected chi connectivity index (χ1v) is 8.55. The van der Waals surface area contributed by atoms with Crippen molar-refractivity contribution < 1.29 is 4.79 Å². The van der Waals surface area contributed by atoms with Gasteiger partial charge >= 0.3 is 0 Å². The molecule has 23 heavy (non-hydrogen) atoms. The van der Waals surface area contributed by atoms with Gasteiger partial charge in [0.2, 0.25) is 0 Å². The predicted molar refractivity (Wildman–Crippen MR) is 89.2 cm³/mol. The molecule has 1 atom stereocenters. The average Bonchev–Trinajstić information content (AvgIpc) is 3.15. The second kappa shape index (κ2) is 6.90. The lowest BCUT2D eigenvalue weighted by Gasteiger charge is -2.37. The van der Waals surface area contributed by atoms with Crippen molar-refractivity contribution in [3.8, 4) is 6.07 Å². The normalized spacial score (nSPS) is 16.8. The number of piperazine rings is 1. The Labute approximate surface area is 139 Å². The number of hydrogen-bond acceptors (Lipinski definition) is 5. The molecular weight excluding hydrogens is 308 g/mol. The predicted octanol–water partition coefficient (Wildman–Crippen LogP) is 2.53. The maximum absolute atomic E-state index is 12.5. The third kappa shape index (κ3) is 3.41. The smallest absolute Gasteiger partial charge is 0.272 e. The monoisotopic (exact) mass is 326 g/mol. The van der Waals surface area contributed by atoms with Crippen LogP contribution in [0.5, 0.6) is 0 Å². The Morgan fingerprint density at radius 1 is 1.30 bits per heavy atom. The molecule has 0 N–H and O–H groups in total. The van der Waals surface area contributed by atoms with Crippen LogP contribution in [0.3, 0.4) is 0 Å². The molecule has 0 bridgehead atoms. The zero-order valence-corrected chi connectivity index (χ0v) is 13.8. The molecule has 0 radical (unpaired) electrons. The van der Waals surface area contributed by atoms with E-state index in [1.807, 2.05) is 11.0 Å². The quantitative estimate of drug-likeness (QED) is 0.869. The third-order valence-electron chi connectivity index (χ3n) is 4.29. The standard InChI is InChI=1S/C17H18N4OS/c1-13(15-4-9-23-12-15)20-5-7-21(8-6-20)17(22)16-3-2-14(10-18)11-19-16/h2-4,9,11-13H,5-8H2,1H3. The van der Waals surface area contributed by atoms with Crippen molar-refractivity contribution in [2.75, 3.05) is 26.2 Å². The number of carbonyl (C=O) groups is 1. The molecule has 1 unspecified atom stereocenters. The first-order chi connectivity index (χ1) is 11.2. The van der Waals surface area contributed by atoms with Crippen LogP contribution in [0.15, 0.2) is 35.2 Å². The molecule has 3 heterocycles. The second-order valence-corrected chi connectivity index (χ2v) is 6.38. The van der Waals surface area contributed by atoms with Crippen molar-refractivity contribution in [1.82, 2.24) is 14.8 Å². The van der Waals surface area contributed by atoms with E-state index in [1.54, 1.807) is 23.5 Å². The molecule has 2 aromatic rings. The topological polar surface area (TPSA) is 60.2 Å². The lowest BCUT2D eigenvalue weighted by molar-refractivity contribution is 0.0577. The van der Waals surface area contributed by atoms with Crippen LogP contribution in [0.4, 0.5) is 0 Å². The summed E-state index contributed by atoms with van der Waals surface area (Å²) < 4.78 is 0. The van der Waals surface area contributed by atoms with E-state index in [9.17, 15) is 4.79 Å². The van der Waals surface area contributed by atoms with E-state index >= 15 is 0 Å². The summed E-state index contributed by atoms with van der Waals surface area (Å²) in [5.41, 5.74) is 2.21. The minimum Gasteiger partial charge on any atom is -0.335 e. The molecule has 3 rings (SSSR count). The van der Waals surface area contributed by atoms with Gasteiger partial charge in [0.05, 0.1) is 5.56 Å². The minimum absolute atomic E-state index is 0.0580. The summed E-state index contributed by atoms with van der Waals surface area (Å²) in [5.74, 6) is -0.0580. The highest BCUT2D eigenvalue weighted by atomic mass is 32.1. The van der Waals surface area contributed by atoms with E-state index in [1.165, 1.54) is 11.8 Å². The van der Waals surface area contributed by atoms with Crippen molar-refractivity contribution in [3.05, 3.63) is 52.0 Å². The van der Waals surface area contributed by atoms with Crippen molar-refractivity contribution in [2.45, 2.75) is 13.0 Å². The maximum atomic E-state index is 12.5. The third-order valence-corrected chi connectivity index (χ3v) is 4.99. The van der Waals surface area contributed by atoms with Gasteiger partial charge in [-0.1, -0.05) is 0 Å². The molecule has 5 nitrogen and oxygen atoms in total. The number of carbonyl (C=O) groups excluding carboxylic acids is 1. The largest absolute Gasteiger partial charge is 0.335 e. The molecule has 1 aliphatic rings.